The summed E-state index contributed by atoms with van der Waals surface area (Å²) in [5.41, 5.74) is 5.39. The maximum absolute atomic E-state index is 12.7. The molecular weight excluding hydrogens is 898 g/mol. The molecule has 0 aliphatic carbocycles. The Bertz CT molecular complexity index is 1130. The third-order valence-electron chi connectivity index (χ3n) is 14.1. The molecule has 4 N–H and O–H groups in total. The van der Waals surface area contributed by atoms with E-state index in [0.29, 0.717) is 6.61 Å². The predicted octanol–water partition coefficient (Wildman–Crippen LogP) is 18.6. The van der Waals surface area contributed by atoms with Gasteiger partial charge >= 0.3 is 19.8 Å². The maximum Gasteiger partial charge on any atom is 0.472 e. The van der Waals surface area contributed by atoms with E-state index >= 15 is 0 Å². The van der Waals surface area contributed by atoms with Gasteiger partial charge in [-0.2, -0.15) is 0 Å². The number of hydrogen-bond donors (Lipinski definition) is 3. The average molecular weight is 1020 g/mol. The predicted molar refractivity (Wildman–Crippen MR) is 296 cm³/mol. The molecule has 0 aromatic carbocycles. The Morgan fingerprint density at radius 3 is 0.943 bits per heavy atom. The number of carbonyl (C=O) groups excluding carboxylic acids is 1. The number of rotatable bonds is 60. The molecule has 0 fully saturated rings. The van der Waals surface area contributed by atoms with Gasteiger partial charge in [-0.25, -0.2) is 4.57 Å². The summed E-state index contributed by atoms with van der Waals surface area (Å²) in [6.45, 7) is 3.97. The van der Waals surface area contributed by atoms with Crippen LogP contribution in [-0.4, -0.2) is 60.5 Å². The molecule has 3 atom stereocenters. The third kappa shape index (κ3) is 54.7. The molecule has 1 unspecified atom stereocenters. The normalized spacial score (nSPS) is 13.4. The Morgan fingerprint density at radius 1 is 0.400 bits per heavy atom. The zero-order chi connectivity index (χ0) is 51.1. The zero-order valence-corrected chi connectivity index (χ0v) is 47.3. The molecular formula is C59H118NO9P. The second kappa shape index (κ2) is 55.7. The van der Waals surface area contributed by atoms with Crippen molar-refractivity contribution in [3.63, 3.8) is 0 Å². The third-order valence-corrected chi connectivity index (χ3v) is 15.1. The van der Waals surface area contributed by atoms with Crippen LogP contribution in [0.5, 0.6) is 0 Å². The fourth-order valence-electron chi connectivity index (χ4n) is 9.43. The summed E-state index contributed by atoms with van der Waals surface area (Å²) in [6.07, 6.45) is 63.5. The number of phosphoric acid groups is 1. The van der Waals surface area contributed by atoms with Gasteiger partial charge in [0, 0.05) is 13.0 Å². The van der Waals surface area contributed by atoms with E-state index in [2.05, 4.69) is 13.8 Å². The second-order valence-electron chi connectivity index (χ2n) is 21.2. The van der Waals surface area contributed by atoms with E-state index in [9.17, 15) is 19.0 Å². The van der Waals surface area contributed by atoms with Crippen LogP contribution in [0, 0.1) is 0 Å². The van der Waals surface area contributed by atoms with Gasteiger partial charge in [-0.15, -0.1) is 0 Å². The molecule has 0 rings (SSSR count). The lowest BCUT2D eigenvalue weighted by Gasteiger charge is -2.20. The largest absolute Gasteiger partial charge is 0.480 e. The van der Waals surface area contributed by atoms with Crippen molar-refractivity contribution in [1.29, 1.82) is 0 Å². The molecule has 0 spiro atoms. The minimum Gasteiger partial charge on any atom is -0.480 e. The van der Waals surface area contributed by atoms with Gasteiger partial charge in [0.1, 0.15) is 12.1 Å². The van der Waals surface area contributed by atoms with E-state index < -0.39 is 45.1 Å². The van der Waals surface area contributed by atoms with Crippen molar-refractivity contribution in [3.8, 4) is 0 Å². The van der Waals surface area contributed by atoms with Gasteiger partial charge in [-0.05, 0) is 12.8 Å². The highest BCUT2D eigenvalue weighted by atomic mass is 31.2. The van der Waals surface area contributed by atoms with Gasteiger partial charge < -0.3 is 25.2 Å². The van der Waals surface area contributed by atoms with Gasteiger partial charge in [-0.1, -0.05) is 309 Å². The highest BCUT2D eigenvalue weighted by Crippen LogP contribution is 2.43. The average Bonchev–Trinajstić information content (AvgIpc) is 3.34. The second-order valence-corrected chi connectivity index (χ2v) is 22.7. The van der Waals surface area contributed by atoms with Gasteiger partial charge in [0.15, 0.2) is 0 Å². The molecule has 0 bridgehead atoms. The first-order valence-corrected chi connectivity index (χ1v) is 32.1. The van der Waals surface area contributed by atoms with Crippen LogP contribution >= 0.6 is 7.82 Å². The summed E-state index contributed by atoms with van der Waals surface area (Å²) in [4.78, 5) is 33.8. The summed E-state index contributed by atoms with van der Waals surface area (Å²) in [7, 11) is -4.62. The Balaban J connectivity index is 3.83. The molecule has 0 aromatic heterocycles. The topological polar surface area (TPSA) is 155 Å². The molecule has 0 amide bonds. The number of hydrogen-bond acceptors (Lipinski definition) is 8. The molecule has 70 heavy (non-hydrogen) atoms. The van der Waals surface area contributed by atoms with E-state index in [4.69, 9.17) is 29.4 Å². The number of aliphatic carboxylic acids is 1. The van der Waals surface area contributed by atoms with Crippen LogP contribution in [0.15, 0.2) is 0 Å². The highest BCUT2D eigenvalue weighted by molar-refractivity contribution is 7.47. The minimum atomic E-state index is -4.62. The number of phosphoric ester groups is 1. The van der Waals surface area contributed by atoms with Gasteiger partial charge in [0.05, 0.1) is 19.8 Å². The molecule has 418 valence electrons. The fraction of sp³-hybridized carbons (Fsp3) is 0.966. The van der Waals surface area contributed by atoms with Crippen molar-refractivity contribution in [2.45, 2.75) is 341 Å². The lowest BCUT2D eigenvalue weighted by molar-refractivity contribution is -0.154. The Morgan fingerprint density at radius 2 is 0.657 bits per heavy atom. The number of carboxylic acid groups (broad SMARTS) is 1. The summed E-state index contributed by atoms with van der Waals surface area (Å²) >= 11 is 0. The van der Waals surface area contributed by atoms with E-state index in [0.717, 1.165) is 38.5 Å². The molecule has 0 radical (unpaired) electrons. The molecule has 0 aliphatic rings. The van der Waals surface area contributed by atoms with Crippen LogP contribution in [0.25, 0.3) is 0 Å². The van der Waals surface area contributed by atoms with Crippen LogP contribution in [0.3, 0.4) is 0 Å². The molecule has 0 saturated heterocycles. The van der Waals surface area contributed by atoms with Gasteiger partial charge in [0.2, 0.25) is 0 Å². The van der Waals surface area contributed by atoms with Gasteiger partial charge in [-0.3, -0.25) is 18.6 Å². The summed E-state index contributed by atoms with van der Waals surface area (Å²) < 4.78 is 33.6. The van der Waals surface area contributed by atoms with E-state index in [-0.39, 0.29) is 13.0 Å². The van der Waals surface area contributed by atoms with Crippen molar-refractivity contribution in [1.82, 2.24) is 0 Å². The fourth-order valence-corrected chi connectivity index (χ4v) is 10.2. The first-order valence-electron chi connectivity index (χ1n) is 30.6. The summed E-state index contributed by atoms with van der Waals surface area (Å²) in [5.74, 6) is -1.76. The maximum atomic E-state index is 12.7. The van der Waals surface area contributed by atoms with Crippen LogP contribution in [0.2, 0.25) is 0 Å². The van der Waals surface area contributed by atoms with Gasteiger partial charge in [0.25, 0.3) is 0 Å². The number of carbonyl (C=O) groups is 2. The van der Waals surface area contributed by atoms with Crippen molar-refractivity contribution in [2.24, 2.45) is 5.73 Å². The monoisotopic (exact) mass is 1020 g/mol. The van der Waals surface area contributed by atoms with Crippen molar-refractivity contribution < 1.29 is 42.7 Å². The van der Waals surface area contributed by atoms with Crippen molar-refractivity contribution in [2.75, 3.05) is 26.4 Å². The quantitative estimate of drug-likeness (QED) is 0.0305. The smallest absolute Gasteiger partial charge is 0.472 e. The molecule has 0 heterocycles. The number of unbranched alkanes of at least 4 members (excludes halogenated alkanes) is 46. The molecule has 0 saturated carbocycles. The van der Waals surface area contributed by atoms with E-state index in [1.165, 1.54) is 270 Å². The summed E-state index contributed by atoms with van der Waals surface area (Å²) in [5, 5.41) is 8.94. The molecule has 0 aliphatic heterocycles. The van der Waals surface area contributed by atoms with E-state index in [1.54, 1.807) is 0 Å². The molecule has 11 heteroatoms. The minimum absolute atomic E-state index is 0.0263. The molecule has 0 aromatic rings. The first kappa shape index (κ1) is 69.0. The lowest BCUT2D eigenvalue weighted by Crippen LogP contribution is -2.34. The summed E-state index contributed by atoms with van der Waals surface area (Å²) in [6, 6.07) is -1.47. The Kier molecular flexibility index (Phi) is 54.9. The number of nitrogens with two attached hydrogens (primary N) is 1. The highest BCUT2D eigenvalue weighted by Gasteiger charge is 2.27. The number of carboxylic acids is 1. The Labute approximate surface area is 433 Å². The van der Waals surface area contributed by atoms with Crippen LogP contribution in [0.1, 0.15) is 328 Å². The van der Waals surface area contributed by atoms with Crippen LogP contribution < -0.4 is 5.73 Å². The first-order chi connectivity index (χ1) is 34.2. The Hall–Kier alpha value is -1.03. The standard InChI is InChI=1S/C59H118NO9P/c1-3-5-7-9-11-13-15-17-19-20-21-22-23-24-25-26-27-28-29-30-31-32-33-34-35-36-37-38-39-41-43-45-47-49-51-58(61)69-56(54-67-70(64,65)68-55-57(60)59(62)63)53-66-52-50-48-46-44-42-40-18-16-14-12-10-8-6-4-2/h56-57H,3-55,60H2,1-2H3,(H,62,63)(H,64,65)/t56-,57+/m1/s1. The number of ether oxygens (including phenoxy) is 2. The number of esters is 1. The molecule has 10 nitrogen and oxygen atoms in total. The SMILES string of the molecule is CCCCCCCCCCCCCCCCCCCCCCCCCCCCCCCCCCCCC(=O)O[C@H](COCCCCCCCCCCCCCCCC)COP(=O)(O)OC[C@H](N)C(=O)O. The van der Waals surface area contributed by atoms with E-state index in [1.807, 2.05) is 0 Å². The lowest BCUT2D eigenvalue weighted by atomic mass is 10.0. The van der Waals surface area contributed by atoms with Crippen molar-refractivity contribution >= 4 is 19.8 Å². The zero-order valence-electron chi connectivity index (χ0n) is 46.4. The van der Waals surface area contributed by atoms with Crippen molar-refractivity contribution in [3.05, 3.63) is 0 Å². The van der Waals surface area contributed by atoms with Crippen LogP contribution in [0.4, 0.5) is 0 Å². The van der Waals surface area contributed by atoms with Crippen LogP contribution in [-0.2, 0) is 32.7 Å².